The maximum atomic E-state index is 12.7. The number of hydrogen-bond acceptors (Lipinski definition) is 4. The zero-order chi connectivity index (χ0) is 20.8. The van der Waals surface area contributed by atoms with Gasteiger partial charge in [0.15, 0.2) is 6.10 Å². The number of hydrogen-bond donors (Lipinski definition) is 1. The highest BCUT2D eigenvalue weighted by atomic mass is 16.5. The van der Waals surface area contributed by atoms with Crippen LogP contribution in [0.1, 0.15) is 60.8 Å². The zero-order valence-electron chi connectivity index (χ0n) is 17.4. The number of nitrogens with one attached hydrogen (secondary N) is 1. The molecule has 154 valence electrons. The Balaban J connectivity index is 1.58. The summed E-state index contributed by atoms with van der Waals surface area (Å²) in [5.74, 6) is -0.805. The second kappa shape index (κ2) is 9.54. The Labute approximate surface area is 171 Å². The molecule has 1 aliphatic carbocycles. The summed E-state index contributed by atoms with van der Waals surface area (Å²) in [6.45, 7) is 5.76. The number of benzene rings is 1. The fourth-order valence-corrected chi connectivity index (χ4v) is 3.65. The van der Waals surface area contributed by atoms with Crippen molar-refractivity contribution in [1.82, 2.24) is 15.1 Å². The summed E-state index contributed by atoms with van der Waals surface area (Å²) >= 11 is 0. The van der Waals surface area contributed by atoms with Gasteiger partial charge in [-0.2, -0.15) is 5.10 Å². The van der Waals surface area contributed by atoms with Crippen LogP contribution in [0.5, 0.6) is 0 Å². The van der Waals surface area contributed by atoms with Gasteiger partial charge >= 0.3 is 5.97 Å². The minimum atomic E-state index is -0.860. The van der Waals surface area contributed by atoms with Gasteiger partial charge in [0.2, 0.25) is 0 Å². The van der Waals surface area contributed by atoms with Crippen molar-refractivity contribution in [2.45, 2.75) is 59.0 Å². The number of aromatic nitrogens is 2. The third-order valence-corrected chi connectivity index (χ3v) is 5.28. The number of aryl methyl sites for hydroxylation is 1. The van der Waals surface area contributed by atoms with Gasteiger partial charge in [0.05, 0.1) is 17.1 Å². The minimum absolute atomic E-state index is 0.277. The number of allylic oxidation sites excluding steroid dienone is 1. The lowest BCUT2D eigenvalue weighted by molar-refractivity contribution is -0.129. The Bertz CT molecular complexity index is 900. The molecular weight excluding hydrogens is 366 g/mol. The molecule has 0 spiro atoms. The second-order valence-electron chi connectivity index (χ2n) is 7.49. The third kappa shape index (κ3) is 5.13. The first-order valence-corrected chi connectivity index (χ1v) is 10.3. The van der Waals surface area contributed by atoms with Crippen molar-refractivity contribution < 1.29 is 14.3 Å². The largest absolute Gasteiger partial charge is 0.449 e. The molecule has 1 heterocycles. The SMILES string of the molecule is Cc1nn(-c2ccccc2)c(C)c1C(=O)O[C@H](C)C(=O)NCCC1=CCCCC1. The molecule has 0 saturated heterocycles. The van der Waals surface area contributed by atoms with E-state index in [4.69, 9.17) is 4.74 Å². The first-order chi connectivity index (χ1) is 14.0. The second-order valence-corrected chi connectivity index (χ2v) is 7.49. The molecule has 29 heavy (non-hydrogen) atoms. The van der Waals surface area contributed by atoms with Crippen molar-refractivity contribution in [1.29, 1.82) is 0 Å². The number of nitrogens with zero attached hydrogens (tertiary/aromatic N) is 2. The van der Waals surface area contributed by atoms with E-state index in [2.05, 4.69) is 16.5 Å². The Morgan fingerprint density at radius 2 is 1.97 bits per heavy atom. The summed E-state index contributed by atoms with van der Waals surface area (Å²) in [6.07, 6.45) is 6.99. The highest BCUT2D eigenvalue weighted by Gasteiger charge is 2.25. The standard InChI is InChI=1S/C23H29N3O3/c1-16-21(17(2)26(25-16)20-12-8-5-9-13-20)23(28)29-18(3)22(27)24-15-14-19-10-6-4-7-11-19/h5,8-10,12-13,18H,4,6-7,11,14-15H2,1-3H3,(H,24,27)/t18-/m1/s1. The van der Waals surface area contributed by atoms with Gasteiger partial charge in [-0.15, -0.1) is 0 Å². The van der Waals surface area contributed by atoms with Crippen molar-refractivity contribution >= 4 is 11.9 Å². The smallest absolute Gasteiger partial charge is 0.342 e. The van der Waals surface area contributed by atoms with Crippen LogP contribution < -0.4 is 5.32 Å². The van der Waals surface area contributed by atoms with Crippen LogP contribution in [0.15, 0.2) is 42.0 Å². The summed E-state index contributed by atoms with van der Waals surface area (Å²) in [5, 5.41) is 7.33. The molecule has 1 atom stereocenters. The molecule has 1 aromatic carbocycles. The highest BCUT2D eigenvalue weighted by molar-refractivity contribution is 5.94. The highest BCUT2D eigenvalue weighted by Crippen LogP contribution is 2.20. The van der Waals surface area contributed by atoms with Crippen LogP contribution in [0.4, 0.5) is 0 Å². The first kappa shape index (κ1) is 20.8. The molecule has 1 aliphatic rings. The van der Waals surface area contributed by atoms with Crippen LogP contribution >= 0.6 is 0 Å². The van der Waals surface area contributed by atoms with E-state index in [0.29, 0.717) is 23.5 Å². The van der Waals surface area contributed by atoms with Crippen LogP contribution in [0.3, 0.4) is 0 Å². The fourth-order valence-electron chi connectivity index (χ4n) is 3.65. The molecule has 6 nitrogen and oxygen atoms in total. The van der Waals surface area contributed by atoms with Gasteiger partial charge in [0.1, 0.15) is 5.56 Å². The molecule has 0 bridgehead atoms. The van der Waals surface area contributed by atoms with E-state index in [1.54, 1.807) is 18.5 Å². The maximum Gasteiger partial charge on any atom is 0.342 e. The molecule has 1 aromatic heterocycles. The first-order valence-electron chi connectivity index (χ1n) is 10.3. The molecular formula is C23H29N3O3. The molecule has 0 unspecified atom stereocenters. The van der Waals surface area contributed by atoms with E-state index in [1.165, 1.54) is 18.4 Å². The molecule has 0 aliphatic heterocycles. The van der Waals surface area contributed by atoms with E-state index >= 15 is 0 Å². The molecule has 3 rings (SSSR count). The van der Waals surface area contributed by atoms with Gasteiger partial charge in [-0.1, -0.05) is 29.8 Å². The third-order valence-electron chi connectivity index (χ3n) is 5.28. The van der Waals surface area contributed by atoms with Crippen LogP contribution in [0.2, 0.25) is 0 Å². The fraction of sp³-hybridized carbons (Fsp3) is 0.435. The minimum Gasteiger partial charge on any atom is -0.449 e. The molecule has 1 amide bonds. The zero-order valence-corrected chi connectivity index (χ0v) is 17.4. The number of esters is 1. The molecule has 0 fully saturated rings. The van der Waals surface area contributed by atoms with Crippen LogP contribution in [0, 0.1) is 13.8 Å². The van der Waals surface area contributed by atoms with Gasteiger partial charge in [-0.3, -0.25) is 4.79 Å². The van der Waals surface area contributed by atoms with Crippen molar-refractivity contribution in [3.63, 3.8) is 0 Å². The van der Waals surface area contributed by atoms with Gasteiger partial charge in [-0.25, -0.2) is 9.48 Å². The van der Waals surface area contributed by atoms with Gasteiger partial charge in [-0.05, 0) is 65.0 Å². The number of para-hydroxylation sites is 1. The van der Waals surface area contributed by atoms with Gasteiger partial charge in [0, 0.05) is 6.54 Å². The van der Waals surface area contributed by atoms with E-state index in [0.717, 1.165) is 24.9 Å². The van der Waals surface area contributed by atoms with E-state index < -0.39 is 12.1 Å². The predicted molar refractivity (Wildman–Crippen MR) is 112 cm³/mol. The summed E-state index contributed by atoms with van der Waals surface area (Å²) in [5.41, 5.74) is 3.94. The maximum absolute atomic E-state index is 12.7. The Morgan fingerprint density at radius 1 is 1.21 bits per heavy atom. The Hall–Kier alpha value is -2.89. The van der Waals surface area contributed by atoms with Crippen molar-refractivity contribution in [3.8, 4) is 5.69 Å². The monoisotopic (exact) mass is 395 g/mol. The molecule has 0 saturated carbocycles. The van der Waals surface area contributed by atoms with Crippen LogP contribution in [-0.4, -0.2) is 34.3 Å². The van der Waals surface area contributed by atoms with Crippen LogP contribution in [0.25, 0.3) is 5.69 Å². The summed E-state index contributed by atoms with van der Waals surface area (Å²) in [7, 11) is 0. The van der Waals surface area contributed by atoms with E-state index in [9.17, 15) is 9.59 Å². The van der Waals surface area contributed by atoms with Crippen molar-refractivity contribution in [2.24, 2.45) is 0 Å². The Morgan fingerprint density at radius 3 is 2.66 bits per heavy atom. The molecule has 0 radical (unpaired) electrons. The number of carbonyl (C=O) groups excluding carboxylic acids is 2. The van der Waals surface area contributed by atoms with Crippen LogP contribution in [-0.2, 0) is 9.53 Å². The summed E-state index contributed by atoms with van der Waals surface area (Å²) in [6, 6.07) is 9.60. The topological polar surface area (TPSA) is 73.2 Å². The van der Waals surface area contributed by atoms with Gasteiger partial charge in [0.25, 0.3) is 5.91 Å². The average molecular weight is 396 g/mol. The van der Waals surface area contributed by atoms with Crippen molar-refractivity contribution in [2.75, 3.05) is 6.54 Å². The van der Waals surface area contributed by atoms with E-state index in [1.807, 2.05) is 37.3 Å². The van der Waals surface area contributed by atoms with E-state index in [-0.39, 0.29) is 5.91 Å². The normalized spacial score (nSPS) is 14.8. The summed E-state index contributed by atoms with van der Waals surface area (Å²) in [4.78, 5) is 25.0. The predicted octanol–water partition coefficient (Wildman–Crippen LogP) is 4.04. The lowest BCUT2D eigenvalue weighted by Gasteiger charge is -2.16. The number of carbonyl (C=O) groups is 2. The molecule has 2 aromatic rings. The van der Waals surface area contributed by atoms with Crippen molar-refractivity contribution in [3.05, 3.63) is 58.9 Å². The number of rotatable bonds is 7. The molecule has 1 N–H and O–H groups in total. The quantitative estimate of drug-likeness (QED) is 0.567. The lowest BCUT2D eigenvalue weighted by Crippen LogP contribution is -2.36. The molecule has 6 heteroatoms. The summed E-state index contributed by atoms with van der Waals surface area (Å²) < 4.78 is 7.15. The van der Waals surface area contributed by atoms with Gasteiger partial charge < -0.3 is 10.1 Å². The number of amides is 1. The lowest BCUT2D eigenvalue weighted by atomic mass is 9.97. The number of ether oxygens (including phenoxy) is 1. The average Bonchev–Trinajstić information content (AvgIpc) is 3.03. The Kier molecular flexibility index (Phi) is 6.86.